The van der Waals surface area contributed by atoms with E-state index in [2.05, 4.69) is 20.4 Å². The summed E-state index contributed by atoms with van der Waals surface area (Å²) in [6.07, 6.45) is 4.45. The first-order valence-electron chi connectivity index (χ1n) is 11.1. The molecule has 1 fully saturated rings. The summed E-state index contributed by atoms with van der Waals surface area (Å²) in [4.78, 5) is 47.1. The molecule has 5 rings (SSSR count). The highest BCUT2D eigenvalue weighted by molar-refractivity contribution is 8.18. The smallest absolute Gasteiger partial charge is 0.293 e. The van der Waals surface area contributed by atoms with Gasteiger partial charge in [-0.1, -0.05) is 48.2 Å². The van der Waals surface area contributed by atoms with Crippen LogP contribution in [0.3, 0.4) is 0 Å². The van der Waals surface area contributed by atoms with Gasteiger partial charge in [-0.15, -0.1) is 0 Å². The molecule has 4 aromatic rings. The van der Waals surface area contributed by atoms with Gasteiger partial charge in [-0.25, -0.2) is 19.0 Å². The Bertz CT molecular complexity index is 1530. The molecule has 0 atom stereocenters. The quantitative estimate of drug-likeness (QED) is 0.206. The third kappa shape index (κ3) is 5.39. The molecule has 0 bridgehead atoms. The number of carbonyl (C=O) groups is 3. The van der Waals surface area contributed by atoms with Crippen molar-refractivity contribution in [2.24, 2.45) is 0 Å². The second kappa shape index (κ2) is 10.9. The fourth-order valence-corrected chi connectivity index (χ4v) is 5.26. The summed E-state index contributed by atoms with van der Waals surface area (Å²) in [7, 11) is 0. The average molecular weight is 535 g/mol. The van der Waals surface area contributed by atoms with E-state index in [9.17, 15) is 18.8 Å². The maximum absolute atomic E-state index is 13.9. The normalized spacial score (nSPS) is 14.6. The number of fused-ring (bicyclic) bond motifs is 1. The van der Waals surface area contributed by atoms with E-state index >= 15 is 0 Å². The van der Waals surface area contributed by atoms with Crippen LogP contribution >= 0.6 is 23.5 Å². The lowest BCUT2D eigenvalue weighted by molar-refractivity contribution is -0.123. The van der Waals surface area contributed by atoms with Gasteiger partial charge in [-0.3, -0.25) is 19.3 Å². The predicted octanol–water partition coefficient (Wildman–Crippen LogP) is 3.90. The minimum absolute atomic E-state index is 0.0112. The van der Waals surface area contributed by atoms with Gasteiger partial charge in [0.25, 0.3) is 11.1 Å². The van der Waals surface area contributed by atoms with Crippen molar-refractivity contribution in [3.05, 3.63) is 83.4 Å². The van der Waals surface area contributed by atoms with Gasteiger partial charge in [0.15, 0.2) is 5.65 Å². The number of amides is 3. The van der Waals surface area contributed by atoms with Gasteiger partial charge >= 0.3 is 0 Å². The van der Waals surface area contributed by atoms with Crippen LogP contribution in [0, 0.1) is 5.82 Å². The van der Waals surface area contributed by atoms with Gasteiger partial charge < -0.3 is 5.32 Å². The summed E-state index contributed by atoms with van der Waals surface area (Å²) >= 11 is 1.99. The number of benzene rings is 2. The van der Waals surface area contributed by atoms with Crippen LogP contribution in [0.1, 0.15) is 5.56 Å². The van der Waals surface area contributed by atoms with Gasteiger partial charge in [0.1, 0.15) is 17.2 Å². The molecule has 0 spiro atoms. The third-order valence-electron chi connectivity index (χ3n) is 5.39. The lowest BCUT2D eigenvalue weighted by Crippen LogP contribution is -2.37. The van der Waals surface area contributed by atoms with Gasteiger partial charge in [-0.05, 0) is 36.0 Å². The van der Waals surface area contributed by atoms with Crippen LogP contribution in [-0.2, 0) is 9.59 Å². The number of imide groups is 1. The molecule has 0 saturated carbocycles. The van der Waals surface area contributed by atoms with Crippen LogP contribution < -0.4 is 5.32 Å². The van der Waals surface area contributed by atoms with Crippen LogP contribution in [0.15, 0.2) is 77.1 Å². The Morgan fingerprint density at radius 3 is 2.68 bits per heavy atom. The molecule has 186 valence electrons. The van der Waals surface area contributed by atoms with Crippen LogP contribution in [0.5, 0.6) is 0 Å². The number of halogens is 1. The highest BCUT2D eigenvalue weighted by atomic mass is 32.2. The van der Waals surface area contributed by atoms with Crippen LogP contribution in [0.2, 0.25) is 0 Å². The number of nitrogens with one attached hydrogen (secondary N) is 1. The van der Waals surface area contributed by atoms with E-state index in [1.54, 1.807) is 23.0 Å². The molecule has 1 aliphatic rings. The third-order valence-corrected chi connectivity index (χ3v) is 7.31. The Labute approximate surface area is 219 Å². The highest BCUT2D eigenvalue weighted by Crippen LogP contribution is 2.32. The largest absolute Gasteiger partial charge is 0.354 e. The molecule has 1 aliphatic heterocycles. The SMILES string of the molecule is O=C(CSc1ncnc2c1cnn2-c1ccccc1)NCCN1C(=O)S/C(=C\c2ccccc2F)C1=O. The minimum atomic E-state index is -0.513. The van der Waals surface area contributed by atoms with Gasteiger partial charge in [0.2, 0.25) is 5.91 Å². The van der Waals surface area contributed by atoms with Crippen molar-refractivity contribution < 1.29 is 18.8 Å². The lowest BCUT2D eigenvalue weighted by atomic mass is 10.2. The van der Waals surface area contributed by atoms with E-state index in [-0.39, 0.29) is 35.2 Å². The number of hydrogen-bond acceptors (Lipinski definition) is 8. The Morgan fingerprint density at radius 1 is 1.08 bits per heavy atom. The maximum Gasteiger partial charge on any atom is 0.293 e. The van der Waals surface area contributed by atoms with E-state index in [1.165, 1.54) is 36.3 Å². The Balaban J connectivity index is 1.15. The number of carbonyl (C=O) groups excluding carboxylic acids is 3. The first-order chi connectivity index (χ1) is 18.0. The molecule has 12 heteroatoms. The average Bonchev–Trinajstić information content (AvgIpc) is 3.46. The molecular weight excluding hydrogens is 515 g/mol. The van der Waals surface area contributed by atoms with Crippen LogP contribution in [-0.4, -0.2) is 60.5 Å². The standard InChI is InChI=1S/C25H19FN6O3S2/c26-19-9-5-4-6-16(19)12-20-24(34)31(25(35)37-20)11-10-27-21(33)14-36-23-18-13-30-32(22(18)28-15-29-23)17-7-2-1-3-8-17/h1-9,12-13,15H,10-11,14H2,(H,27,33)/b20-12-. The molecule has 9 nitrogen and oxygen atoms in total. The minimum Gasteiger partial charge on any atom is -0.354 e. The van der Waals surface area contributed by atoms with Crippen molar-refractivity contribution in [1.82, 2.24) is 30.0 Å². The number of hydrogen-bond donors (Lipinski definition) is 1. The zero-order chi connectivity index (χ0) is 25.8. The molecule has 1 saturated heterocycles. The number of nitrogens with zero attached hydrogens (tertiary/aromatic N) is 5. The van der Waals surface area contributed by atoms with Gasteiger partial charge in [0, 0.05) is 18.7 Å². The number of aromatic nitrogens is 4. The van der Waals surface area contributed by atoms with Crippen molar-refractivity contribution in [3.8, 4) is 5.69 Å². The summed E-state index contributed by atoms with van der Waals surface area (Å²) in [5.74, 6) is -1.19. The second-order valence-electron chi connectivity index (χ2n) is 7.80. The number of thioether (sulfide) groups is 2. The number of para-hydroxylation sites is 1. The molecule has 0 radical (unpaired) electrons. The Kier molecular flexibility index (Phi) is 7.28. The monoisotopic (exact) mass is 534 g/mol. The summed E-state index contributed by atoms with van der Waals surface area (Å²) < 4.78 is 15.6. The molecule has 37 heavy (non-hydrogen) atoms. The first kappa shape index (κ1) is 24.7. The Morgan fingerprint density at radius 2 is 1.86 bits per heavy atom. The van der Waals surface area contributed by atoms with E-state index < -0.39 is 17.0 Å². The molecule has 0 aliphatic carbocycles. The first-order valence-corrected chi connectivity index (χ1v) is 12.9. The van der Waals surface area contributed by atoms with E-state index in [4.69, 9.17) is 0 Å². The van der Waals surface area contributed by atoms with E-state index in [1.807, 2.05) is 30.3 Å². The van der Waals surface area contributed by atoms with Crippen molar-refractivity contribution in [2.75, 3.05) is 18.8 Å². The van der Waals surface area contributed by atoms with Crippen molar-refractivity contribution in [2.45, 2.75) is 5.03 Å². The molecule has 0 unspecified atom stereocenters. The van der Waals surface area contributed by atoms with E-state index in [0.717, 1.165) is 27.7 Å². The number of rotatable bonds is 8. The molecule has 1 N–H and O–H groups in total. The van der Waals surface area contributed by atoms with Crippen molar-refractivity contribution in [1.29, 1.82) is 0 Å². The van der Waals surface area contributed by atoms with Gasteiger partial charge in [0.05, 0.1) is 27.9 Å². The molecule has 3 amide bonds. The topological polar surface area (TPSA) is 110 Å². The summed E-state index contributed by atoms with van der Waals surface area (Å²) in [5.41, 5.74) is 1.72. The zero-order valence-electron chi connectivity index (χ0n) is 19.2. The molecule has 2 aromatic carbocycles. The van der Waals surface area contributed by atoms with Crippen LogP contribution in [0.25, 0.3) is 22.8 Å². The zero-order valence-corrected chi connectivity index (χ0v) is 20.8. The maximum atomic E-state index is 13.9. The predicted molar refractivity (Wildman–Crippen MR) is 139 cm³/mol. The molecular formula is C25H19FN6O3S2. The fraction of sp³-hybridized carbons (Fsp3) is 0.120. The van der Waals surface area contributed by atoms with Crippen molar-refractivity contribution >= 4 is 57.7 Å². The summed E-state index contributed by atoms with van der Waals surface area (Å²) in [6.45, 7) is 0.104. The molecule has 3 heterocycles. The van der Waals surface area contributed by atoms with Crippen molar-refractivity contribution in [3.63, 3.8) is 0 Å². The summed E-state index contributed by atoms with van der Waals surface area (Å²) in [6, 6.07) is 15.6. The lowest BCUT2D eigenvalue weighted by Gasteiger charge is -2.13. The summed E-state index contributed by atoms with van der Waals surface area (Å²) in [5, 5.41) is 8.00. The molecule has 2 aromatic heterocycles. The fourth-order valence-electron chi connectivity index (χ4n) is 3.61. The Hall–Kier alpha value is -4.03. The van der Waals surface area contributed by atoms with Crippen LogP contribution in [0.4, 0.5) is 9.18 Å². The second-order valence-corrected chi connectivity index (χ2v) is 9.76. The highest BCUT2D eigenvalue weighted by Gasteiger charge is 2.34. The van der Waals surface area contributed by atoms with E-state index in [0.29, 0.717) is 10.7 Å². The van der Waals surface area contributed by atoms with Gasteiger partial charge in [-0.2, -0.15) is 5.10 Å².